The minimum absolute atomic E-state index is 0.0939. The summed E-state index contributed by atoms with van der Waals surface area (Å²) >= 11 is 5.49. The number of nitrogens with zero attached hydrogens (tertiary/aromatic N) is 2. The summed E-state index contributed by atoms with van der Waals surface area (Å²) in [5.41, 5.74) is -0.0939. The van der Waals surface area contributed by atoms with Gasteiger partial charge in [-0.05, 0) is 18.6 Å². The number of hydrogen-bond donors (Lipinski definition) is 1. The van der Waals surface area contributed by atoms with Crippen molar-refractivity contribution in [2.24, 2.45) is 5.92 Å². The zero-order valence-corrected chi connectivity index (χ0v) is 11.4. The molecule has 0 spiro atoms. The van der Waals surface area contributed by atoms with E-state index in [0.29, 0.717) is 13.0 Å². The van der Waals surface area contributed by atoms with Gasteiger partial charge in [0.25, 0.3) is 0 Å². The van der Waals surface area contributed by atoms with Crippen LogP contribution in [0, 0.1) is 28.9 Å². The van der Waals surface area contributed by atoms with Gasteiger partial charge in [0.2, 0.25) is 5.91 Å². The molecule has 1 amide bonds. The molecule has 106 valence electrons. The van der Waals surface area contributed by atoms with Crippen LogP contribution in [0.3, 0.4) is 0 Å². The van der Waals surface area contributed by atoms with Crippen LogP contribution in [0.5, 0.6) is 0 Å². The molecule has 1 aliphatic rings. The second-order valence-corrected chi connectivity index (χ2v) is 4.99. The number of carbonyl (C=O) groups excluding carboxylic acids is 1. The number of rotatable bonds is 2. The fourth-order valence-corrected chi connectivity index (χ4v) is 2.31. The number of nitriles is 1. The molecule has 0 radical (unpaired) electrons. The van der Waals surface area contributed by atoms with Crippen LogP contribution in [0.4, 0.5) is 14.5 Å². The minimum Gasteiger partial charge on any atom is -0.311 e. The molecule has 1 fully saturated rings. The Morgan fingerprint density at radius 3 is 2.85 bits per heavy atom. The fraction of sp³-hybridized carbons (Fsp3) is 0.385. The molecule has 2 unspecified atom stereocenters. The molecule has 1 saturated heterocycles. The van der Waals surface area contributed by atoms with Crippen LogP contribution in [0.1, 0.15) is 6.42 Å². The molecule has 2 atom stereocenters. The van der Waals surface area contributed by atoms with E-state index in [1.165, 1.54) is 7.05 Å². The van der Waals surface area contributed by atoms with Crippen LogP contribution in [0.15, 0.2) is 12.1 Å². The van der Waals surface area contributed by atoms with Crippen molar-refractivity contribution in [3.8, 4) is 6.07 Å². The molecule has 0 aliphatic carbocycles. The lowest BCUT2D eigenvalue weighted by Gasteiger charge is -2.22. The zero-order valence-electron chi connectivity index (χ0n) is 10.7. The van der Waals surface area contributed by atoms with E-state index >= 15 is 0 Å². The van der Waals surface area contributed by atoms with Gasteiger partial charge in [0, 0.05) is 13.6 Å². The third-order valence-corrected chi connectivity index (χ3v) is 3.66. The normalized spacial score (nSPS) is 21.6. The molecule has 1 aromatic carbocycles. The summed E-state index contributed by atoms with van der Waals surface area (Å²) in [6, 6.07) is 3.69. The third kappa shape index (κ3) is 2.60. The van der Waals surface area contributed by atoms with Crippen molar-refractivity contribution >= 4 is 23.2 Å². The number of benzene rings is 1. The van der Waals surface area contributed by atoms with E-state index in [-0.39, 0.29) is 17.5 Å². The molecule has 20 heavy (non-hydrogen) atoms. The maximum atomic E-state index is 13.9. The van der Waals surface area contributed by atoms with Crippen molar-refractivity contribution in [2.45, 2.75) is 12.5 Å². The Labute approximate surface area is 119 Å². The molecular weight excluding hydrogens is 288 g/mol. The monoisotopic (exact) mass is 299 g/mol. The van der Waals surface area contributed by atoms with E-state index in [4.69, 9.17) is 16.9 Å². The number of carbonyl (C=O) groups is 1. The highest BCUT2D eigenvalue weighted by atomic mass is 35.5. The topological polar surface area (TPSA) is 56.1 Å². The highest BCUT2D eigenvalue weighted by Crippen LogP contribution is 2.28. The standard InChI is InChI=1S/C13H12ClF2N3O/c1-19(10-3-2-8(15)11(14)12(10)16)13(20)9-4-7(5-17)6-18-9/h2-3,7,9,18H,4,6H2,1H3. The van der Waals surface area contributed by atoms with Gasteiger partial charge < -0.3 is 10.2 Å². The van der Waals surface area contributed by atoms with Crippen molar-refractivity contribution < 1.29 is 13.6 Å². The molecule has 2 rings (SSSR count). The molecule has 7 heteroatoms. The van der Waals surface area contributed by atoms with E-state index < -0.39 is 22.7 Å². The highest BCUT2D eigenvalue weighted by Gasteiger charge is 2.32. The first-order valence-corrected chi connectivity index (χ1v) is 6.37. The van der Waals surface area contributed by atoms with E-state index in [1.807, 2.05) is 0 Å². The Morgan fingerprint density at radius 2 is 2.25 bits per heavy atom. The molecule has 1 heterocycles. The molecule has 0 saturated carbocycles. The van der Waals surface area contributed by atoms with Crippen LogP contribution >= 0.6 is 11.6 Å². The molecular formula is C13H12ClF2N3O. The Hall–Kier alpha value is -1.71. The van der Waals surface area contributed by atoms with Gasteiger partial charge in [-0.1, -0.05) is 11.6 Å². The lowest BCUT2D eigenvalue weighted by Crippen LogP contribution is -2.42. The summed E-state index contributed by atoms with van der Waals surface area (Å²) in [4.78, 5) is 13.3. The number of halogens is 3. The minimum atomic E-state index is -0.975. The van der Waals surface area contributed by atoms with Gasteiger partial charge in [-0.15, -0.1) is 0 Å². The molecule has 1 aliphatic heterocycles. The van der Waals surface area contributed by atoms with Gasteiger partial charge >= 0.3 is 0 Å². The Morgan fingerprint density at radius 1 is 1.55 bits per heavy atom. The van der Waals surface area contributed by atoms with Crippen molar-refractivity contribution in [3.05, 3.63) is 28.8 Å². The van der Waals surface area contributed by atoms with Crippen molar-refractivity contribution in [2.75, 3.05) is 18.5 Å². The predicted molar refractivity (Wildman–Crippen MR) is 70.3 cm³/mol. The first kappa shape index (κ1) is 14.7. The SMILES string of the molecule is CN(C(=O)C1CC(C#N)CN1)c1ccc(F)c(Cl)c1F. The van der Waals surface area contributed by atoms with Gasteiger partial charge in [-0.25, -0.2) is 8.78 Å². The van der Waals surface area contributed by atoms with Crippen LogP contribution in [-0.4, -0.2) is 25.5 Å². The molecule has 1 aromatic rings. The quantitative estimate of drug-likeness (QED) is 0.851. The van der Waals surface area contributed by atoms with Crippen molar-refractivity contribution in [3.63, 3.8) is 0 Å². The Kier molecular flexibility index (Phi) is 4.21. The number of likely N-dealkylation sites (N-methyl/N-ethyl adjacent to an activating group) is 1. The van der Waals surface area contributed by atoms with Gasteiger partial charge in [0.1, 0.15) is 10.8 Å². The van der Waals surface area contributed by atoms with Crippen molar-refractivity contribution in [1.82, 2.24) is 5.32 Å². The van der Waals surface area contributed by atoms with Crippen LogP contribution in [0.25, 0.3) is 0 Å². The summed E-state index contributed by atoms with van der Waals surface area (Å²) in [6.07, 6.45) is 0.371. The maximum Gasteiger partial charge on any atom is 0.243 e. The average molecular weight is 300 g/mol. The van der Waals surface area contributed by atoms with Gasteiger partial charge in [-0.3, -0.25) is 4.79 Å². The van der Waals surface area contributed by atoms with E-state index in [9.17, 15) is 13.6 Å². The fourth-order valence-electron chi connectivity index (χ4n) is 2.15. The maximum absolute atomic E-state index is 13.9. The van der Waals surface area contributed by atoms with E-state index in [1.54, 1.807) is 0 Å². The van der Waals surface area contributed by atoms with E-state index in [0.717, 1.165) is 17.0 Å². The molecule has 4 nitrogen and oxygen atoms in total. The zero-order chi connectivity index (χ0) is 14.9. The number of anilines is 1. The first-order valence-electron chi connectivity index (χ1n) is 5.99. The number of nitrogens with one attached hydrogen (secondary N) is 1. The highest BCUT2D eigenvalue weighted by molar-refractivity contribution is 6.31. The van der Waals surface area contributed by atoms with Gasteiger partial charge in [-0.2, -0.15) is 5.26 Å². The summed E-state index contributed by atoms with van der Waals surface area (Å²) in [5, 5.41) is 11.1. The summed E-state index contributed by atoms with van der Waals surface area (Å²) < 4.78 is 27.0. The van der Waals surface area contributed by atoms with Gasteiger partial charge in [0.15, 0.2) is 5.82 Å². The smallest absolute Gasteiger partial charge is 0.243 e. The first-order chi connectivity index (χ1) is 9.45. The summed E-state index contributed by atoms with van der Waals surface area (Å²) in [7, 11) is 1.39. The summed E-state index contributed by atoms with van der Waals surface area (Å²) in [5.74, 6) is -2.47. The van der Waals surface area contributed by atoms with Gasteiger partial charge in [0.05, 0.1) is 23.7 Å². The van der Waals surface area contributed by atoms with Crippen LogP contribution in [-0.2, 0) is 4.79 Å². The lowest BCUT2D eigenvalue weighted by atomic mass is 10.1. The van der Waals surface area contributed by atoms with Crippen LogP contribution in [0.2, 0.25) is 5.02 Å². The second kappa shape index (κ2) is 5.73. The predicted octanol–water partition coefficient (Wildman–Crippen LogP) is 2.08. The lowest BCUT2D eigenvalue weighted by molar-refractivity contribution is -0.120. The average Bonchev–Trinajstić information content (AvgIpc) is 2.92. The summed E-state index contributed by atoms with van der Waals surface area (Å²) in [6.45, 7) is 0.424. The second-order valence-electron chi connectivity index (χ2n) is 4.61. The Bertz CT molecular complexity index is 588. The molecule has 0 aromatic heterocycles. The van der Waals surface area contributed by atoms with Crippen LogP contribution < -0.4 is 10.2 Å². The third-order valence-electron chi connectivity index (χ3n) is 3.32. The largest absolute Gasteiger partial charge is 0.311 e. The van der Waals surface area contributed by atoms with E-state index in [2.05, 4.69) is 11.4 Å². The number of hydrogen-bond acceptors (Lipinski definition) is 3. The molecule has 1 N–H and O–H groups in total. The Balaban J connectivity index is 2.20. The van der Waals surface area contributed by atoms with Crippen molar-refractivity contribution in [1.29, 1.82) is 5.26 Å². The number of amides is 1. The molecule has 0 bridgehead atoms.